The molecule has 0 aliphatic heterocycles. The third kappa shape index (κ3) is 4.39. The highest BCUT2D eigenvalue weighted by atomic mass is 35.5. The Labute approximate surface area is 181 Å². The number of aryl methyl sites for hydroxylation is 1. The van der Waals surface area contributed by atoms with Crippen LogP contribution in [0.15, 0.2) is 66.7 Å². The summed E-state index contributed by atoms with van der Waals surface area (Å²) < 4.78 is 5.54. The zero-order chi connectivity index (χ0) is 20.9. The molecular formula is C25H23ClN2O2. The van der Waals surface area contributed by atoms with Crippen molar-refractivity contribution in [2.75, 3.05) is 13.2 Å². The summed E-state index contributed by atoms with van der Waals surface area (Å²) in [6.45, 7) is 2.75. The molecular weight excluding hydrogens is 396 g/mol. The van der Waals surface area contributed by atoms with Crippen molar-refractivity contribution in [3.05, 3.63) is 94.3 Å². The number of benzene rings is 2. The molecule has 1 amide bonds. The molecule has 0 atom stereocenters. The maximum Gasteiger partial charge on any atom is 0.407 e. The molecule has 152 valence electrons. The molecule has 30 heavy (non-hydrogen) atoms. The molecule has 1 aromatic heterocycles. The molecule has 1 heterocycles. The van der Waals surface area contributed by atoms with E-state index in [9.17, 15) is 4.79 Å². The van der Waals surface area contributed by atoms with Gasteiger partial charge in [0.2, 0.25) is 0 Å². The predicted molar refractivity (Wildman–Crippen MR) is 121 cm³/mol. The Hall–Kier alpha value is -3.11. The Kier molecular flexibility index (Phi) is 6.15. The number of hydrogen-bond donors (Lipinski definition) is 1. The molecule has 1 aliphatic carbocycles. The molecule has 0 saturated carbocycles. The Morgan fingerprint density at radius 2 is 1.73 bits per heavy atom. The van der Waals surface area contributed by atoms with Gasteiger partial charge in [0.15, 0.2) is 0 Å². The number of carbonyl (C=O) groups is 1. The summed E-state index contributed by atoms with van der Waals surface area (Å²) in [4.78, 5) is 16.4. The van der Waals surface area contributed by atoms with Gasteiger partial charge in [0, 0.05) is 18.2 Å². The summed E-state index contributed by atoms with van der Waals surface area (Å²) in [5, 5.41) is 3.30. The first-order chi connectivity index (χ1) is 14.6. The lowest BCUT2D eigenvalue weighted by atomic mass is 9.98. The summed E-state index contributed by atoms with van der Waals surface area (Å²) in [6, 6.07) is 20.3. The van der Waals surface area contributed by atoms with Gasteiger partial charge in [0.25, 0.3) is 0 Å². The molecule has 0 radical (unpaired) electrons. The number of pyridine rings is 1. The average molecular weight is 419 g/mol. The first-order valence-corrected chi connectivity index (χ1v) is 10.4. The third-order valence-electron chi connectivity index (χ3n) is 5.31. The van der Waals surface area contributed by atoms with Gasteiger partial charge >= 0.3 is 6.09 Å². The normalized spacial score (nSPS) is 12.6. The van der Waals surface area contributed by atoms with Gasteiger partial charge in [-0.05, 0) is 47.2 Å². The van der Waals surface area contributed by atoms with Crippen LogP contribution in [-0.2, 0) is 4.74 Å². The van der Waals surface area contributed by atoms with Crippen LogP contribution in [0.5, 0.6) is 0 Å². The largest absolute Gasteiger partial charge is 0.449 e. The molecule has 5 heteroatoms. The van der Waals surface area contributed by atoms with Crippen LogP contribution in [0.2, 0.25) is 5.15 Å². The van der Waals surface area contributed by atoms with Crippen LogP contribution in [0.3, 0.4) is 0 Å². The van der Waals surface area contributed by atoms with E-state index in [0.717, 1.165) is 11.3 Å². The highest BCUT2D eigenvalue weighted by Crippen LogP contribution is 2.44. The summed E-state index contributed by atoms with van der Waals surface area (Å²) in [6.07, 6.45) is 4.29. The highest BCUT2D eigenvalue weighted by molar-refractivity contribution is 6.29. The first-order valence-electron chi connectivity index (χ1n) is 10.0. The second-order valence-electron chi connectivity index (χ2n) is 7.25. The Morgan fingerprint density at radius 3 is 2.40 bits per heavy atom. The molecule has 4 rings (SSSR count). The summed E-state index contributed by atoms with van der Waals surface area (Å²) in [5.41, 5.74) is 6.75. The number of nitrogens with zero attached hydrogens (tertiary/aromatic N) is 1. The van der Waals surface area contributed by atoms with Crippen LogP contribution in [0.1, 0.15) is 34.7 Å². The fraction of sp³-hybridized carbons (Fsp3) is 0.200. The van der Waals surface area contributed by atoms with Crippen molar-refractivity contribution in [2.24, 2.45) is 0 Å². The van der Waals surface area contributed by atoms with Gasteiger partial charge in [-0.2, -0.15) is 0 Å². The van der Waals surface area contributed by atoms with Gasteiger partial charge < -0.3 is 10.1 Å². The zero-order valence-corrected chi connectivity index (χ0v) is 17.5. The number of ether oxygens (including phenoxy) is 1. The van der Waals surface area contributed by atoms with Gasteiger partial charge in [0.05, 0.1) is 0 Å². The van der Waals surface area contributed by atoms with Gasteiger partial charge in [-0.1, -0.05) is 78.4 Å². The van der Waals surface area contributed by atoms with E-state index >= 15 is 0 Å². The maximum absolute atomic E-state index is 12.2. The van der Waals surface area contributed by atoms with Crippen LogP contribution in [0.4, 0.5) is 4.79 Å². The quantitative estimate of drug-likeness (QED) is 0.395. The second-order valence-corrected chi connectivity index (χ2v) is 7.64. The van der Waals surface area contributed by atoms with E-state index in [4.69, 9.17) is 16.3 Å². The lowest BCUT2D eigenvalue weighted by Crippen LogP contribution is -2.26. The third-order valence-corrected chi connectivity index (χ3v) is 5.52. The SMILES string of the molecule is Cc1nc(Cl)ccc1C=CCCNC(=O)OCC1c2ccccc2-c2ccccc21. The highest BCUT2D eigenvalue weighted by Gasteiger charge is 2.28. The van der Waals surface area contributed by atoms with Gasteiger partial charge in [0.1, 0.15) is 11.8 Å². The van der Waals surface area contributed by atoms with Crippen LogP contribution >= 0.6 is 11.6 Å². The lowest BCUT2D eigenvalue weighted by molar-refractivity contribution is 0.143. The van der Waals surface area contributed by atoms with E-state index in [1.54, 1.807) is 6.07 Å². The van der Waals surface area contributed by atoms with Crippen molar-refractivity contribution in [3.8, 4) is 11.1 Å². The van der Waals surface area contributed by atoms with Crippen molar-refractivity contribution in [3.63, 3.8) is 0 Å². The van der Waals surface area contributed by atoms with E-state index in [0.29, 0.717) is 24.7 Å². The monoisotopic (exact) mass is 418 g/mol. The molecule has 0 spiro atoms. The molecule has 3 aromatic rings. The molecule has 0 unspecified atom stereocenters. The number of alkyl carbamates (subject to hydrolysis) is 1. The Morgan fingerprint density at radius 1 is 1.07 bits per heavy atom. The number of halogens is 1. The molecule has 0 saturated heterocycles. The molecule has 1 N–H and O–H groups in total. The maximum atomic E-state index is 12.2. The number of nitrogens with one attached hydrogen (secondary N) is 1. The van der Waals surface area contributed by atoms with Crippen molar-refractivity contribution in [1.82, 2.24) is 10.3 Å². The minimum atomic E-state index is -0.394. The smallest absolute Gasteiger partial charge is 0.407 e. The van der Waals surface area contributed by atoms with E-state index in [2.05, 4.69) is 34.6 Å². The molecule has 1 aliphatic rings. The minimum Gasteiger partial charge on any atom is -0.449 e. The summed E-state index contributed by atoms with van der Waals surface area (Å²) in [7, 11) is 0. The first kappa shape index (κ1) is 20.2. The molecule has 0 fully saturated rings. The number of aromatic nitrogens is 1. The van der Waals surface area contributed by atoms with Crippen LogP contribution in [0, 0.1) is 6.92 Å². The summed E-state index contributed by atoms with van der Waals surface area (Å²) in [5.74, 6) is 0.0726. The fourth-order valence-electron chi connectivity index (χ4n) is 3.83. The van der Waals surface area contributed by atoms with E-state index < -0.39 is 6.09 Å². The van der Waals surface area contributed by atoms with E-state index in [-0.39, 0.29) is 5.92 Å². The van der Waals surface area contributed by atoms with Crippen molar-refractivity contribution < 1.29 is 9.53 Å². The predicted octanol–water partition coefficient (Wildman–Crippen LogP) is 5.99. The van der Waals surface area contributed by atoms with E-state index in [1.165, 1.54) is 22.3 Å². The topological polar surface area (TPSA) is 51.2 Å². The minimum absolute atomic E-state index is 0.0726. The van der Waals surface area contributed by atoms with Crippen LogP contribution in [0.25, 0.3) is 17.2 Å². The van der Waals surface area contributed by atoms with Gasteiger partial charge in [-0.3, -0.25) is 0 Å². The summed E-state index contributed by atoms with van der Waals surface area (Å²) >= 11 is 5.87. The average Bonchev–Trinajstić information content (AvgIpc) is 3.07. The molecule has 0 bridgehead atoms. The Bertz CT molecular complexity index is 1050. The van der Waals surface area contributed by atoms with Crippen LogP contribution < -0.4 is 5.32 Å². The van der Waals surface area contributed by atoms with Crippen molar-refractivity contribution >= 4 is 23.8 Å². The number of carbonyl (C=O) groups excluding carboxylic acids is 1. The van der Waals surface area contributed by atoms with Crippen molar-refractivity contribution in [2.45, 2.75) is 19.3 Å². The van der Waals surface area contributed by atoms with Gasteiger partial charge in [-0.25, -0.2) is 9.78 Å². The van der Waals surface area contributed by atoms with Crippen LogP contribution in [-0.4, -0.2) is 24.2 Å². The molecule has 4 nitrogen and oxygen atoms in total. The number of hydrogen-bond acceptors (Lipinski definition) is 3. The Balaban J connectivity index is 1.28. The lowest BCUT2D eigenvalue weighted by Gasteiger charge is -2.14. The zero-order valence-electron chi connectivity index (χ0n) is 16.8. The number of amides is 1. The molecule has 2 aromatic carbocycles. The van der Waals surface area contributed by atoms with E-state index in [1.807, 2.05) is 49.4 Å². The fourth-order valence-corrected chi connectivity index (χ4v) is 4.02. The second kappa shape index (κ2) is 9.14. The number of rotatable bonds is 6. The van der Waals surface area contributed by atoms with Crippen molar-refractivity contribution in [1.29, 1.82) is 0 Å². The van der Waals surface area contributed by atoms with Gasteiger partial charge in [-0.15, -0.1) is 0 Å². The number of fused-ring (bicyclic) bond motifs is 3. The standard InChI is InChI=1S/C25H23ClN2O2/c1-17-18(13-14-24(26)28-17)8-6-7-15-27-25(29)30-16-23-21-11-4-2-9-19(21)20-10-3-5-12-22(20)23/h2-6,8-14,23H,7,15-16H2,1H3,(H,27,29).